The number of rotatable bonds is 10. The molecule has 0 aliphatic heterocycles. The zero-order valence-electron chi connectivity index (χ0n) is 18.4. The Bertz CT molecular complexity index is 1010. The summed E-state index contributed by atoms with van der Waals surface area (Å²) < 4.78 is 9.42. The lowest BCUT2D eigenvalue weighted by Crippen LogP contribution is -2.26. The van der Waals surface area contributed by atoms with Crippen LogP contribution in [-0.4, -0.2) is 36.1 Å². The summed E-state index contributed by atoms with van der Waals surface area (Å²) in [5.41, 5.74) is 5.94. The maximum Gasteiger partial charge on any atom is 0.320 e. The first kappa shape index (κ1) is 22.5. The summed E-state index contributed by atoms with van der Waals surface area (Å²) in [6.45, 7) is 2.16. The minimum absolute atomic E-state index is 0.459. The van der Waals surface area contributed by atoms with Crippen molar-refractivity contribution in [1.82, 2.24) is 9.97 Å². The van der Waals surface area contributed by atoms with E-state index in [9.17, 15) is 9.59 Å². The number of carbonyl (C=O) groups is 2. The quantitative estimate of drug-likeness (QED) is 0.283. The molecule has 2 heterocycles. The SMILES string of the molecule is COC(=O)C(CCCCCCc1cccc2[nH]c(-c3cccnc3)c(C)c12)C(=O)OC. The molecule has 0 saturated carbocycles. The number of benzene rings is 1. The van der Waals surface area contributed by atoms with Crippen LogP contribution in [0.4, 0.5) is 0 Å². The molecule has 2 aromatic heterocycles. The number of esters is 2. The number of unbranched alkanes of at least 4 members (excludes halogenated alkanes) is 3. The molecule has 1 aromatic carbocycles. The second-order valence-electron chi connectivity index (χ2n) is 7.76. The first-order valence-corrected chi connectivity index (χ1v) is 10.7. The normalized spacial score (nSPS) is 11.1. The van der Waals surface area contributed by atoms with Crippen LogP contribution < -0.4 is 0 Å². The van der Waals surface area contributed by atoms with Crippen LogP contribution in [0.25, 0.3) is 22.2 Å². The molecule has 0 bridgehead atoms. The van der Waals surface area contributed by atoms with Gasteiger partial charge in [0.1, 0.15) is 0 Å². The number of aromatic nitrogens is 2. The average Bonchev–Trinajstić information content (AvgIpc) is 3.15. The molecule has 3 rings (SSSR count). The highest BCUT2D eigenvalue weighted by atomic mass is 16.5. The third kappa shape index (κ3) is 5.32. The van der Waals surface area contributed by atoms with E-state index >= 15 is 0 Å². The first-order chi connectivity index (χ1) is 15.1. The Kier molecular flexibility index (Phi) is 7.82. The number of methoxy groups -OCH3 is 2. The highest BCUT2D eigenvalue weighted by Gasteiger charge is 2.27. The summed E-state index contributed by atoms with van der Waals surface area (Å²) in [4.78, 5) is 31.3. The topological polar surface area (TPSA) is 81.3 Å². The molecule has 0 unspecified atom stereocenters. The van der Waals surface area contributed by atoms with Crippen LogP contribution in [0, 0.1) is 12.8 Å². The smallest absolute Gasteiger partial charge is 0.320 e. The summed E-state index contributed by atoms with van der Waals surface area (Å²) in [6, 6.07) is 10.4. The molecule has 0 saturated heterocycles. The predicted molar refractivity (Wildman–Crippen MR) is 121 cm³/mol. The Balaban J connectivity index is 1.58. The molecular formula is C25H30N2O4. The lowest BCUT2D eigenvalue weighted by molar-refractivity contribution is -0.159. The van der Waals surface area contributed by atoms with Crippen molar-refractivity contribution >= 4 is 22.8 Å². The zero-order valence-corrected chi connectivity index (χ0v) is 18.4. The number of hydrogen-bond donors (Lipinski definition) is 1. The van der Waals surface area contributed by atoms with E-state index < -0.39 is 17.9 Å². The largest absolute Gasteiger partial charge is 0.468 e. The molecule has 0 fully saturated rings. The number of carbonyl (C=O) groups excluding carboxylic acids is 2. The molecule has 0 amide bonds. The van der Waals surface area contributed by atoms with Crippen LogP contribution in [0.3, 0.4) is 0 Å². The zero-order chi connectivity index (χ0) is 22.2. The van der Waals surface area contributed by atoms with Crippen molar-refractivity contribution in [3.63, 3.8) is 0 Å². The summed E-state index contributed by atoms with van der Waals surface area (Å²) in [5.74, 6) is -1.87. The fourth-order valence-electron chi connectivity index (χ4n) is 4.14. The monoisotopic (exact) mass is 422 g/mol. The number of hydrogen-bond acceptors (Lipinski definition) is 5. The van der Waals surface area contributed by atoms with Gasteiger partial charge in [-0.05, 0) is 55.5 Å². The molecule has 6 nitrogen and oxygen atoms in total. The Labute approximate surface area is 183 Å². The number of nitrogens with zero attached hydrogens (tertiary/aromatic N) is 1. The number of pyridine rings is 1. The van der Waals surface area contributed by atoms with Crippen molar-refractivity contribution in [3.05, 3.63) is 53.9 Å². The van der Waals surface area contributed by atoms with Crippen LogP contribution in [0.1, 0.15) is 43.2 Å². The summed E-state index contributed by atoms with van der Waals surface area (Å²) in [7, 11) is 2.59. The summed E-state index contributed by atoms with van der Waals surface area (Å²) in [5, 5.41) is 1.29. The number of ether oxygens (including phenoxy) is 2. The van der Waals surface area contributed by atoms with Crippen molar-refractivity contribution < 1.29 is 19.1 Å². The van der Waals surface area contributed by atoms with Crippen LogP contribution in [0.5, 0.6) is 0 Å². The van der Waals surface area contributed by atoms with Gasteiger partial charge in [-0.15, -0.1) is 0 Å². The van der Waals surface area contributed by atoms with Crippen molar-refractivity contribution in [2.45, 2.75) is 45.4 Å². The number of aryl methyl sites for hydroxylation is 2. The van der Waals surface area contributed by atoms with Crippen molar-refractivity contribution in [3.8, 4) is 11.3 Å². The fraction of sp³-hybridized carbons (Fsp3) is 0.400. The van der Waals surface area contributed by atoms with E-state index in [1.54, 1.807) is 6.20 Å². The molecule has 6 heteroatoms. The maximum absolute atomic E-state index is 11.7. The summed E-state index contributed by atoms with van der Waals surface area (Å²) >= 11 is 0. The van der Waals surface area contributed by atoms with Gasteiger partial charge in [0.2, 0.25) is 0 Å². The second kappa shape index (κ2) is 10.8. The first-order valence-electron chi connectivity index (χ1n) is 10.7. The lowest BCUT2D eigenvalue weighted by Gasteiger charge is -2.12. The molecule has 31 heavy (non-hydrogen) atoms. The Hall–Kier alpha value is -3.15. The Morgan fingerprint density at radius 2 is 1.74 bits per heavy atom. The van der Waals surface area contributed by atoms with Gasteiger partial charge in [0.05, 0.1) is 19.9 Å². The third-order valence-corrected chi connectivity index (χ3v) is 5.77. The van der Waals surface area contributed by atoms with Gasteiger partial charge >= 0.3 is 11.9 Å². The highest BCUT2D eigenvalue weighted by Crippen LogP contribution is 2.32. The maximum atomic E-state index is 11.7. The molecule has 3 aromatic rings. The molecule has 1 N–H and O–H groups in total. The minimum Gasteiger partial charge on any atom is -0.468 e. The summed E-state index contributed by atoms with van der Waals surface area (Å²) in [6.07, 6.45) is 8.93. The number of nitrogens with one attached hydrogen (secondary N) is 1. The van der Waals surface area contributed by atoms with E-state index in [0.29, 0.717) is 6.42 Å². The van der Waals surface area contributed by atoms with Gasteiger partial charge in [-0.2, -0.15) is 0 Å². The average molecular weight is 423 g/mol. The van der Waals surface area contributed by atoms with Crippen molar-refractivity contribution in [1.29, 1.82) is 0 Å². The van der Waals surface area contributed by atoms with Gasteiger partial charge in [-0.1, -0.05) is 31.4 Å². The lowest BCUT2D eigenvalue weighted by atomic mass is 9.97. The second-order valence-corrected chi connectivity index (χ2v) is 7.76. The van der Waals surface area contributed by atoms with E-state index in [1.165, 1.54) is 30.7 Å². The number of aromatic amines is 1. The van der Waals surface area contributed by atoms with Gasteiger partial charge in [0, 0.05) is 28.9 Å². The third-order valence-electron chi connectivity index (χ3n) is 5.77. The minimum atomic E-state index is -0.822. The Morgan fingerprint density at radius 3 is 2.42 bits per heavy atom. The standard InChI is InChI=1S/C25H30N2O4/c1-17-22-18(10-6-4-5-7-13-20(24(28)30-2)25(29)31-3)11-8-14-21(22)27-23(17)19-12-9-15-26-16-19/h8-9,11-12,14-16,20,27H,4-7,10,13H2,1-3H3. The van der Waals surface area contributed by atoms with Gasteiger partial charge in [-0.25, -0.2) is 0 Å². The van der Waals surface area contributed by atoms with Gasteiger partial charge in [0.25, 0.3) is 0 Å². The fourth-order valence-corrected chi connectivity index (χ4v) is 4.14. The molecule has 164 valence electrons. The van der Waals surface area contributed by atoms with Gasteiger partial charge in [0.15, 0.2) is 5.92 Å². The molecule has 0 spiro atoms. The molecule has 0 radical (unpaired) electrons. The molecule has 0 aliphatic rings. The van der Waals surface area contributed by atoms with Crippen LogP contribution >= 0.6 is 0 Å². The number of H-pyrrole nitrogens is 1. The van der Waals surface area contributed by atoms with Crippen LogP contribution in [-0.2, 0) is 25.5 Å². The van der Waals surface area contributed by atoms with Gasteiger partial charge in [-0.3, -0.25) is 14.6 Å². The predicted octanol–water partition coefficient (Wildman–Crippen LogP) is 4.99. The van der Waals surface area contributed by atoms with E-state index in [0.717, 1.165) is 48.9 Å². The van der Waals surface area contributed by atoms with Crippen molar-refractivity contribution in [2.75, 3.05) is 14.2 Å². The van der Waals surface area contributed by atoms with Gasteiger partial charge < -0.3 is 14.5 Å². The van der Waals surface area contributed by atoms with Crippen LogP contribution in [0.15, 0.2) is 42.7 Å². The molecule has 0 aliphatic carbocycles. The van der Waals surface area contributed by atoms with Crippen molar-refractivity contribution in [2.24, 2.45) is 5.92 Å². The van der Waals surface area contributed by atoms with E-state index in [2.05, 4.69) is 41.2 Å². The van der Waals surface area contributed by atoms with Crippen LogP contribution in [0.2, 0.25) is 0 Å². The van der Waals surface area contributed by atoms with E-state index in [4.69, 9.17) is 9.47 Å². The van der Waals surface area contributed by atoms with E-state index in [-0.39, 0.29) is 0 Å². The molecule has 0 atom stereocenters. The number of fused-ring (bicyclic) bond motifs is 1. The molecular weight excluding hydrogens is 392 g/mol. The Morgan fingerprint density at radius 1 is 1.00 bits per heavy atom. The highest BCUT2D eigenvalue weighted by molar-refractivity contribution is 5.94. The van der Waals surface area contributed by atoms with E-state index in [1.807, 2.05) is 12.3 Å².